The van der Waals surface area contributed by atoms with Gasteiger partial charge in [-0.1, -0.05) is 18.1 Å². The van der Waals surface area contributed by atoms with Crippen LogP contribution in [-0.4, -0.2) is 29.7 Å². The molecule has 1 heterocycles. The SMILES string of the molecule is C#CCOc1ccc(/C=C2\SC(=O)N(C)C2=O)cc1CC=C. The number of imide groups is 1. The van der Waals surface area contributed by atoms with Crippen molar-refractivity contribution in [3.05, 3.63) is 46.9 Å². The van der Waals surface area contributed by atoms with Gasteiger partial charge >= 0.3 is 0 Å². The van der Waals surface area contributed by atoms with Crippen molar-refractivity contribution in [2.45, 2.75) is 6.42 Å². The summed E-state index contributed by atoms with van der Waals surface area (Å²) in [5.74, 6) is 2.83. The molecule has 1 aromatic carbocycles. The number of nitrogens with zero attached hydrogens (tertiary/aromatic N) is 1. The molecule has 2 rings (SSSR count). The Balaban J connectivity index is 2.31. The minimum Gasteiger partial charge on any atom is -0.481 e. The van der Waals surface area contributed by atoms with Crippen LogP contribution >= 0.6 is 11.8 Å². The van der Waals surface area contributed by atoms with E-state index in [4.69, 9.17) is 11.2 Å². The highest BCUT2D eigenvalue weighted by Gasteiger charge is 2.31. The summed E-state index contributed by atoms with van der Waals surface area (Å²) >= 11 is 0.935. The predicted molar refractivity (Wildman–Crippen MR) is 88.4 cm³/mol. The van der Waals surface area contributed by atoms with E-state index in [1.54, 1.807) is 18.2 Å². The molecule has 4 nitrogen and oxygen atoms in total. The zero-order chi connectivity index (χ0) is 16.1. The summed E-state index contributed by atoms with van der Waals surface area (Å²) in [6.07, 6.45) is 9.29. The summed E-state index contributed by atoms with van der Waals surface area (Å²) in [5.41, 5.74) is 1.75. The molecule has 1 fully saturated rings. The first-order valence-electron chi connectivity index (χ1n) is 6.58. The molecule has 2 amide bonds. The van der Waals surface area contributed by atoms with Crippen molar-refractivity contribution in [1.29, 1.82) is 0 Å². The third kappa shape index (κ3) is 3.41. The van der Waals surface area contributed by atoms with E-state index in [2.05, 4.69) is 12.5 Å². The number of likely N-dealkylation sites (N-methyl/N-ethyl adjacent to an activating group) is 1. The largest absolute Gasteiger partial charge is 0.481 e. The molecule has 0 atom stereocenters. The number of benzene rings is 1. The lowest BCUT2D eigenvalue weighted by Crippen LogP contribution is -2.22. The molecule has 22 heavy (non-hydrogen) atoms. The van der Waals surface area contributed by atoms with Gasteiger partial charge in [0.05, 0.1) is 4.91 Å². The predicted octanol–water partition coefficient (Wildman–Crippen LogP) is 3.09. The van der Waals surface area contributed by atoms with E-state index in [1.807, 2.05) is 12.1 Å². The highest BCUT2D eigenvalue weighted by molar-refractivity contribution is 8.18. The van der Waals surface area contributed by atoms with Gasteiger partial charge in [-0.05, 0) is 47.5 Å². The summed E-state index contributed by atoms with van der Waals surface area (Å²) < 4.78 is 5.48. The molecular formula is C17H15NO3S. The van der Waals surface area contributed by atoms with Crippen molar-refractivity contribution in [2.75, 3.05) is 13.7 Å². The molecule has 0 spiro atoms. The fourth-order valence-corrected chi connectivity index (χ4v) is 2.79. The Kier molecular flexibility index (Phi) is 5.08. The molecule has 0 unspecified atom stereocenters. The lowest BCUT2D eigenvalue weighted by Gasteiger charge is -2.09. The minimum atomic E-state index is -0.284. The third-order valence-electron chi connectivity index (χ3n) is 3.04. The van der Waals surface area contributed by atoms with Crippen LogP contribution in [0.5, 0.6) is 5.75 Å². The molecule has 112 valence electrons. The van der Waals surface area contributed by atoms with Crippen LogP contribution in [0.2, 0.25) is 0 Å². The number of thioether (sulfide) groups is 1. The van der Waals surface area contributed by atoms with Crippen molar-refractivity contribution >= 4 is 29.0 Å². The molecule has 0 saturated carbocycles. The Morgan fingerprint density at radius 1 is 1.45 bits per heavy atom. The highest BCUT2D eigenvalue weighted by Crippen LogP contribution is 2.32. The number of ether oxygens (including phenoxy) is 1. The number of allylic oxidation sites excluding steroid dienone is 1. The first-order valence-corrected chi connectivity index (χ1v) is 7.40. The zero-order valence-corrected chi connectivity index (χ0v) is 13.0. The van der Waals surface area contributed by atoms with E-state index in [0.29, 0.717) is 17.1 Å². The Morgan fingerprint density at radius 3 is 2.82 bits per heavy atom. The standard InChI is InChI=1S/C17H15NO3S/c1-4-6-13-10-12(7-8-14(13)21-9-5-2)11-15-16(19)18(3)17(20)22-15/h2,4,7-8,10-11H,1,6,9H2,3H3/b15-11-. The van der Waals surface area contributed by atoms with Crippen LogP contribution in [0.25, 0.3) is 6.08 Å². The summed E-state index contributed by atoms with van der Waals surface area (Å²) in [5, 5.41) is -0.267. The maximum absolute atomic E-state index is 11.9. The summed E-state index contributed by atoms with van der Waals surface area (Å²) in [6.45, 7) is 3.91. The van der Waals surface area contributed by atoms with Crippen molar-refractivity contribution in [2.24, 2.45) is 0 Å². The van der Waals surface area contributed by atoms with Crippen LogP contribution in [-0.2, 0) is 11.2 Å². The second kappa shape index (κ2) is 7.01. The molecule has 1 aromatic rings. The fourth-order valence-electron chi connectivity index (χ4n) is 1.96. The van der Waals surface area contributed by atoms with E-state index >= 15 is 0 Å². The van der Waals surface area contributed by atoms with Gasteiger partial charge in [-0.15, -0.1) is 13.0 Å². The van der Waals surface area contributed by atoms with E-state index < -0.39 is 0 Å². The number of hydrogen-bond acceptors (Lipinski definition) is 4. The van der Waals surface area contributed by atoms with Crippen molar-refractivity contribution in [3.63, 3.8) is 0 Å². The van der Waals surface area contributed by atoms with Gasteiger partial charge in [0.25, 0.3) is 11.1 Å². The van der Waals surface area contributed by atoms with Crippen LogP contribution < -0.4 is 4.74 Å². The Hall–Kier alpha value is -2.45. The number of carbonyl (C=O) groups is 2. The Bertz CT molecular complexity index is 700. The van der Waals surface area contributed by atoms with E-state index in [0.717, 1.165) is 27.8 Å². The first-order chi connectivity index (χ1) is 10.6. The lowest BCUT2D eigenvalue weighted by molar-refractivity contribution is -0.121. The molecular weight excluding hydrogens is 298 g/mol. The number of hydrogen-bond donors (Lipinski definition) is 0. The van der Waals surface area contributed by atoms with Gasteiger partial charge < -0.3 is 4.74 Å². The maximum atomic E-state index is 11.9. The van der Waals surface area contributed by atoms with Gasteiger partial charge in [-0.3, -0.25) is 14.5 Å². The zero-order valence-electron chi connectivity index (χ0n) is 12.2. The Morgan fingerprint density at radius 2 is 2.23 bits per heavy atom. The van der Waals surface area contributed by atoms with Crippen LogP contribution in [0.15, 0.2) is 35.8 Å². The van der Waals surface area contributed by atoms with Gasteiger partial charge in [0.15, 0.2) is 0 Å². The second-order valence-electron chi connectivity index (χ2n) is 4.59. The average molecular weight is 313 g/mol. The molecule has 0 radical (unpaired) electrons. The number of terminal acetylenes is 1. The van der Waals surface area contributed by atoms with Gasteiger partial charge in [-0.2, -0.15) is 0 Å². The van der Waals surface area contributed by atoms with Gasteiger partial charge in [-0.25, -0.2) is 0 Å². The smallest absolute Gasteiger partial charge is 0.293 e. The number of rotatable bonds is 5. The van der Waals surface area contributed by atoms with Crippen LogP contribution in [0.1, 0.15) is 11.1 Å². The topological polar surface area (TPSA) is 46.6 Å². The summed E-state index contributed by atoms with van der Waals surface area (Å²) in [4.78, 5) is 24.9. The van der Waals surface area contributed by atoms with Crippen molar-refractivity contribution < 1.29 is 14.3 Å². The van der Waals surface area contributed by atoms with E-state index in [1.165, 1.54) is 7.05 Å². The van der Waals surface area contributed by atoms with Crippen molar-refractivity contribution in [3.8, 4) is 18.1 Å². The fraction of sp³-hybridized carbons (Fsp3) is 0.176. The van der Waals surface area contributed by atoms with Gasteiger partial charge in [0.1, 0.15) is 12.4 Å². The molecule has 0 aliphatic carbocycles. The quantitative estimate of drug-likeness (QED) is 0.476. The Labute approximate surface area is 133 Å². The van der Waals surface area contributed by atoms with E-state index in [9.17, 15) is 9.59 Å². The molecule has 5 heteroatoms. The normalized spacial score (nSPS) is 16.0. The molecule has 1 aliphatic heterocycles. The second-order valence-corrected chi connectivity index (χ2v) is 5.59. The molecule has 0 bridgehead atoms. The number of amides is 2. The first kappa shape index (κ1) is 15.9. The van der Waals surface area contributed by atoms with Gasteiger partial charge in [0.2, 0.25) is 0 Å². The number of carbonyl (C=O) groups excluding carboxylic acids is 2. The van der Waals surface area contributed by atoms with E-state index in [-0.39, 0.29) is 17.8 Å². The summed E-state index contributed by atoms with van der Waals surface area (Å²) in [7, 11) is 1.47. The highest BCUT2D eigenvalue weighted by atomic mass is 32.2. The average Bonchev–Trinajstić information content (AvgIpc) is 2.74. The molecule has 1 saturated heterocycles. The minimum absolute atomic E-state index is 0.193. The van der Waals surface area contributed by atoms with Gasteiger partial charge in [0, 0.05) is 7.05 Å². The van der Waals surface area contributed by atoms with Crippen LogP contribution in [0.3, 0.4) is 0 Å². The lowest BCUT2D eigenvalue weighted by atomic mass is 10.1. The molecule has 0 aromatic heterocycles. The van der Waals surface area contributed by atoms with Crippen LogP contribution in [0.4, 0.5) is 4.79 Å². The maximum Gasteiger partial charge on any atom is 0.293 e. The molecule has 1 aliphatic rings. The monoisotopic (exact) mass is 313 g/mol. The molecule has 0 N–H and O–H groups in total. The third-order valence-corrected chi connectivity index (χ3v) is 4.00. The van der Waals surface area contributed by atoms with Crippen molar-refractivity contribution in [1.82, 2.24) is 4.90 Å². The summed E-state index contributed by atoms with van der Waals surface area (Å²) in [6, 6.07) is 5.53. The van der Waals surface area contributed by atoms with Crippen LogP contribution in [0, 0.1) is 12.3 Å².